The lowest BCUT2D eigenvalue weighted by atomic mass is 9.93. The molecule has 0 unspecified atom stereocenters. The molecule has 0 bridgehead atoms. The van der Waals surface area contributed by atoms with E-state index in [9.17, 15) is 15.3 Å². The minimum atomic E-state index is -0.209. The molecule has 3 heteroatoms. The molecule has 0 heterocycles. The maximum absolute atomic E-state index is 10.2. The van der Waals surface area contributed by atoms with Crippen LogP contribution in [0.15, 0.2) is 24.3 Å². The van der Waals surface area contributed by atoms with E-state index < -0.39 is 0 Å². The van der Waals surface area contributed by atoms with Crippen LogP contribution in [0.25, 0.3) is 11.1 Å². The summed E-state index contributed by atoms with van der Waals surface area (Å²) in [7, 11) is 0. The van der Waals surface area contributed by atoms with Crippen molar-refractivity contribution >= 4 is 0 Å². The standard InChI is InChI=1S/C15H16O3/c1-8-7-9(2)13(14(17)10(8)3)11-5-4-6-12(16)15(11)18/h4-7,16-18H,1-3H3. The van der Waals surface area contributed by atoms with E-state index in [4.69, 9.17) is 0 Å². The Morgan fingerprint density at radius 3 is 2.17 bits per heavy atom. The Morgan fingerprint density at radius 1 is 0.833 bits per heavy atom. The number of hydrogen-bond acceptors (Lipinski definition) is 3. The minimum absolute atomic E-state index is 0.147. The number of phenolic OH excluding ortho intramolecular Hbond substituents is 3. The highest BCUT2D eigenvalue weighted by Crippen LogP contribution is 2.43. The first-order valence-corrected chi connectivity index (χ1v) is 5.74. The fraction of sp³-hybridized carbons (Fsp3) is 0.200. The molecule has 0 aliphatic rings. The number of benzene rings is 2. The summed E-state index contributed by atoms with van der Waals surface area (Å²) in [6.45, 7) is 5.62. The molecule has 0 saturated carbocycles. The second-order valence-electron chi connectivity index (χ2n) is 4.53. The lowest BCUT2D eigenvalue weighted by Crippen LogP contribution is -1.91. The predicted octanol–water partition coefficient (Wildman–Crippen LogP) is 3.40. The van der Waals surface area contributed by atoms with Crippen LogP contribution >= 0.6 is 0 Å². The smallest absolute Gasteiger partial charge is 0.165 e. The maximum atomic E-state index is 10.2. The molecular formula is C15H16O3. The quantitative estimate of drug-likeness (QED) is 0.674. The predicted molar refractivity (Wildman–Crippen MR) is 71.1 cm³/mol. The summed E-state index contributed by atoms with van der Waals surface area (Å²) in [5.41, 5.74) is 3.63. The Morgan fingerprint density at radius 2 is 1.50 bits per heavy atom. The van der Waals surface area contributed by atoms with Gasteiger partial charge in [-0.2, -0.15) is 0 Å². The Labute approximate surface area is 106 Å². The summed E-state index contributed by atoms with van der Waals surface area (Å²) in [5, 5.41) is 29.7. The molecule has 0 fully saturated rings. The van der Waals surface area contributed by atoms with Crippen molar-refractivity contribution in [2.45, 2.75) is 20.8 Å². The number of para-hydroxylation sites is 1. The van der Waals surface area contributed by atoms with E-state index in [1.54, 1.807) is 12.1 Å². The molecule has 0 aliphatic heterocycles. The van der Waals surface area contributed by atoms with Gasteiger partial charge in [-0.15, -0.1) is 0 Å². The van der Waals surface area contributed by atoms with Gasteiger partial charge in [0.1, 0.15) is 5.75 Å². The van der Waals surface area contributed by atoms with E-state index in [1.165, 1.54) is 6.07 Å². The molecule has 0 radical (unpaired) electrons. The van der Waals surface area contributed by atoms with Crippen molar-refractivity contribution in [1.82, 2.24) is 0 Å². The van der Waals surface area contributed by atoms with Crippen molar-refractivity contribution < 1.29 is 15.3 Å². The number of aromatic hydroxyl groups is 3. The lowest BCUT2D eigenvalue weighted by Gasteiger charge is -2.15. The van der Waals surface area contributed by atoms with Gasteiger partial charge in [0.15, 0.2) is 11.5 Å². The summed E-state index contributed by atoms with van der Waals surface area (Å²) in [4.78, 5) is 0. The summed E-state index contributed by atoms with van der Waals surface area (Å²) in [5.74, 6) is -0.253. The van der Waals surface area contributed by atoms with Crippen LogP contribution in [0.1, 0.15) is 16.7 Å². The largest absolute Gasteiger partial charge is 0.507 e. The molecular weight excluding hydrogens is 228 g/mol. The number of rotatable bonds is 1. The van der Waals surface area contributed by atoms with Crippen LogP contribution in [-0.2, 0) is 0 Å². The van der Waals surface area contributed by atoms with Gasteiger partial charge >= 0.3 is 0 Å². The van der Waals surface area contributed by atoms with Gasteiger partial charge in [-0.25, -0.2) is 0 Å². The van der Waals surface area contributed by atoms with E-state index in [-0.39, 0.29) is 17.2 Å². The van der Waals surface area contributed by atoms with Crippen molar-refractivity contribution in [1.29, 1.82) is 0 Å². The molecule has 0 aliphatic carbocycles. The van der Waals surface area contributed by atoms with Crippen molar-refractivity contribution in [3.05, 3.63) is 41.0 Å². The van der Waals surface area contributed by atoms with Crippen LogP contribution in [0.3, 0.4) is 0 Å². The molecule has 94 valence electrons. The van der Waals surface area contributed by atoms with Crippen LogP contribution in [0.5, 0.6) is 17.2 Å². The first kappa shape index (κ1) is 12.3. The van der Waals surface area contributed by atoms with E-state index in [0.29, 0.717) is 11.1 Å². The average Bonchev–Trinajstić information content (AvgIpc) is 2.32. The maximum Gasteiger partial charge on any atom is 0.165 e. The molecule has 18 heavy (non-hydrogen) atoms. The zero-order valence-electron chi connectivity index (χ0n) is 10.7. The third-order valence-electron chi connectivity index (χ3n) is 3.29. The van der Waals surface area contributed by atoms with Crippen molar-refractivity contribution in [2.24, 2.45) is 0 Å². The molecule has 0 saturated heterocycles. The molecule has 2 aromatic rings. The van der Waals surface area contributed by atoms with Gasteiger partial charge in [0.05, 0.1) is 0 Å². The Kier molecular flexibility index (Phi) is 2.91. The van der Waals surface area contributed by atoms with Crippen LogP contribution < -0.4 is 0 Å². The third kappa shape index (κ3) is 1.78. The van der Waals surface area contributed by atoms with Crippen molar-refractivity contribution in [3.63, 3.8) is 0 Å². The molecule has 3 N–H and O–H groups in total. The Balaban J connectivity index is 2.80. The van der Waals surface area contributed by atoms with Crippen LogP contribution in [0.2, 0.25) is 0 Å². The zero-order valence-corrected chi connectivity index (χ0v) is 10.7. The van der Waals surface area contributed by atoms with Gasteiger partial charge in [0.25, 0.3) is 0 Å². The van der Waals surface area contributed by atoms with Gasteiger partial charge in [0.2, 0.25) is 0 Å². The summed E-state index contributed by atoms with van der Waals surface area (Å²) in [6.07, 6.45) is 0. The molecule has 0 aromatic heterocycles. The van der Waals surface area contributed by atoms with E-state index in [0.717, 1.165) is 16.7 Å². The first-order chi connectivity index (χ1) is 8.43. The number of phenols is 3. The summed E-state index contributed by atoms with van der Waals surface area (Å²) in [6, 6.07) is 6.67. The minimum Gasteiger partial charge on any atom is -0.507 e. The zero-order chi connectivity index (χ0) is 13.4. The molecule has 0 atom stereocenters. The highest BCUT2D eigenvalue weighted by atomic mass is 16.3. The summed E-state index contributed by atoms with van der Waals surface area (Å²) >= 11 is 0. The van der Waals surface area contributed by atoms with Gasteiger partial charge < -0.3 is 15.3 Å². The molecule has 3 nitrogen and oxygen atoms in total. The Bertz CT molecular complexity index is 616. The second kappa shape index (κ2) is 4.26. The fourth-order valence-corrected chi connectivity index (χ4v) is 2.14. The van der Waals surface area contributed by atoms with Crippen molar-refractivity contribution in [2.75, 3.05) is 0 Å². The van der Waals surface area contributed by atoms with E-state index in [2.05, 4.69) is 0 Å². The highest BCUT2D eigenvalue weighted by molar-refractivity contribution is 5.81. The molecule has 0 amide bonds. The second-order valence-corrected chi connectivity index (χ2v) is 4.53. The number of hydrogen-bond donors (Lipinski definition) is 3. The fourth-order valence-electron chi connectivity index (χ4n) is 2.14. The first-order valence-electron chi connectivity index (χ1n) is 5.74. The van der Waals surface area contributed by atoms with Gasteiger partial charge in [0, 0.05) is 11.1 Å². The third-order valence-corrected chi connectivity index (χ3v) is 3.29. The Hall–Kier alpha value is -2.16. The molecule has 2 aromatic carbocycles. The van der Waals surface area contributed by atoms with Crippen LogP contribution in [-0.4, -0.2) is 15.3 Å². The van der Waals surface area contributed by atoms with Crippen molar-refractivity contribution in [3.8, 4) is 28.4 Å². The SMILES string of the molecule is Cc1cc(C)c(-c2cccc(O)c2O)c(O)c1C. The van der Waals surface area contributed by atoms with E-state index >= 15 is 0 Å². The van der Waals surface area contributed by atoms with Gasteiger partial charge in [-0.05, 0) is 43.5 Å². The lowest BCUT2D eigenvalue weighted by molar-refractivity contribution is 0.404. The molecule has 0 spiro atoms. The average molecular weight is 244 g/mol. The normalized spacial score (nSPS) is 10.6. The molecule has 2 rings (SSSR count). The summed E-state index contributed by atoms with van der Waals surface area (Å²) < 4.78 is 0. The van der Waals surface area contributed by atoms with Crippen LogP contribution in [0.4, 0.5) is 0 Å². The van der Waals surface area contributed by atoms with Gasteiger partial charge in [-0.1, -0.05) is 18.2 Å². The topological polar surface area (TPSA) is 60.7 Å². The van der Waals surface area contributed by atoms with Crippen LogP contribution in [0, 0.1) is 20.8 Å². The van der Waals surface area contributed by atoms with Gasteiger partial charge in [-0.3, -0.25) is 0 Å². The monoisotopic (exact) mass is 244 g/mol. The number of aryl methyl sites for hydroxylation is 2. The van der Waals surface area contributed by atoms with E-state index in [1.807, 2.05) is 26.8 Å². The highest BCUT2D eigenvalue weighted by Gasteiger charge is 2.17.